The van der Waals surface area contributed by atoms with Gasteiger partial charge >= 0.3 is 0 Å². The van der Waals surface area contributed by atoms with Crippen molar-refractivity contribution in [1.29, 1.82) is 0 Å². The summed E-state index contributed by atoms with van der Waals surface area (Å²) in [5, 5.41) is 24.7. The van der Waals surface area contributed by atoms with E-state index in [4.69, 9.17) is 5.11 Å². The molecule has 2 aromatic carbocycles. The smallest absolute Gasteiger partial charge is 0.128 e. The molecule has 0 bridgehead atoms. The molecular formula is C17H23NO2. The summed E-state index contributed by atoms with van der Waals surface area (Å²) in [6.45, 7) is 4.38. The van der Waals surface area contributed by atoms with E-state index in [1.807, 2.05) is 36.4 Å². The Morgan fingerprint density at radius 2 is 1.85 bits per heavy atom. The van der Waals surface area contributed by atoms with Crippen LogP contribution in [0.2, 0.25) is 0 Å². The van der Waals surface area contributed by atoms with Crippen LogP contribution in [0.15, 0.2) is 36.4 Å². The first-order chi connectivity index (χ1) is 9.63. The number of phenols is 1. The van der Waals surface area contributed by atoms with Gasteiger partial charge in [-0.15, -0.1) is 0 Å². The minimum atomic E-state index is 0.0771. The Bertz CT molecular complexity index is 568. The van der Waals surface area contributed by atoms with Crippen molar-refractivity contribution >= 4 is 10.8 Å². The van der Waals surface area contributed by atoms with Crippen LogP contribution in [0.5, 0.6) is 5.75 Å². The molecule has 0 saturated carbocycles. The molecule has 0 saturated heterocycles. The summed E-state index contributed by atoms with van der Waals surface area (Å²) in [5.74, 6) is 0.359. The van der Waals surface area contributed by atoms with Crippen molar-refractivity contribution in [2.24, 2.45) is 0 Å². The van der Waals surface area contributed by atoms with E-state index in [0.29, 0.717) is 11.8 Å². The van der Waals surface area contributed by atoms with Crippen LogP contribution in [0.4, 0.5) is 0 Å². The number of aliphatic hydroxyl groups is 1. The average Bonchev–Trinajstić information content (AvgIpc) is 2.45. The molecule has 2 unspecified atom stereocenters. The monoisotopic (exact) mass is 273 g/mol. The molecule has 0 heterocycles. The molecule has 20 heavy (non-hydrogen) atoms. The van der Waals surface area contributed by atoms with Crippen molar-refractivity contribution < 1.29 is 10.2 Å². The highest BCUT2D eigenvalue weighted by atomic mass is 16.3. The number of hydrogen-bond donors (Lipinski definition) is 3. The largest absolute Gasteiger partial charge is 0.507 e. The lowest BCUT2D eigenvalue weighted by atomic mass is 10.00. The number of aromatic hydroxyl groups is 1. The molecule has 2 atom stereocenters. The molecule has 0 aliphatic rings. The number of aliphatic hydroxyl groups excluding tert-OH is 1. The van der Waals surface area contributed by atoms with E-state index < -0.39 is 0 Å². The average molecular weight is 273 g/mol. The zero-order chi connectivity index (χ0) is 14.5. The fraction of sp³-hybridized carbons (Fsp3) is 0.412. The maximum atomic E-state index is 10.4. The van der Waals surface area contributed by atoms with Gasteiger partial charge in [-0.25, -0.2) is 0 Å². The molecule has 2 aromatic rings. The third kappa shape index (κ3) is 3.30. The molecule has 3 N–H and O–H groups in total. The fourth-order valence-corrected chi connectivity index (χ4v) is 2.62. The van der Waals surface area contributed by atoms with Crippen LogP contribution < -0.4 is 5.32 Å². The van der Waals surface area contributed by atoms with E-state index in [1.165, 1.54) is 0 Å². The van der Waals surface area contributed by atoms with Crippen molar-refractivity contribution in [3.05, 3.63) is 42.0 Å². The summed E-state index contributed by atoms with van der Waals surface area (Å²) >= 11 is 0. The summed E-state index contributed by atoms with van der Waals surface area (Å²) in [5.41, 5.74) is 0.916. The topological polar surface area (TPSA) is 52.5 Å². The summed E-state index contributed by atoms with van der Waals surface area (Å²) in [6, 6.07) is 12.3. The van der Waals surface area contributed by atoms with Gasteiger partial charge in [-0.3, -0.25) is 0 Å². The molecular weight excluding hydrogens is 250 g/mol. The Hall–Kier alpha value is -1.58. The highest BCUT2D eigenvalue weighted by molar-refractivity contribution is 5.89. The second kappa shape index (κ2) is 6.73. The maximum Gasteiger partial charge on any atom is 0.128 e. The number of rotatable bonds is 6. The molecule has 0 spiro atoms. The zero-order valence-electron chi connectivity index (χ0n) is 12.1. The Morgan fingerprint density at radius 1 is 1.10 bits per heavy atom. The van der Waals surface area contributed by atoms with Gasteiger partial charge < -0.3 is 15.5 Å². The van der Waals surface area contributed by atoms with E-state index in [2.05, 4.69) is 19.2 Å². The molecule has 0 radical (unpaired) electrons. The minimum Gasteiger partial charge on any atom is -0.507 e. The summed E-state index contributed by atoms with van der Waals surface area (Å²) < 4.78 is 0. The highest BCUT2D eigenvalue weighted by Gasteiger charge is 2.14. The first kappa shape index (κ1) is 14.8. The first-order valence-corrected chi connectivity index (χ1v) is 7.21. The SMILES string of the molecule is CC(CCCO)NC(C)c1ccc2ccccc2c1O. The molecule has 0 aromatic heterocycles. The third-order valence-electron chi connectivity index (χ3n) is 3.73. The van der Waals surface area contributed by atoms with Crippen LogP contribution in [-0.2, 0) is 0 Å². The Labute approximate surface area is 120 Å². The second-order valence-electron chi connectivity index (χ2n) is 5.38. The van der Waals surface area contributed by atoms with Gasteiger partial charge in [0.2, 0.25) is 0 Å². The van der Waals surface area contributed by atoms with Gasteiger partial charge in [0, 0.05) is 29.6 Å². The van der Waals surface area contributed by atoms with Crippen LogP contribution in [0.25, 0.3) is 10.8 Å². The molecule has 0 fully saturated rings. The normalized spacial score (nSPS) is 14.3. The number of phenolic OH excluding ortho intramolecular Hbond substituents is 1. The van der Waals surface area contributed by atoms with Gasteiger partial charge in [0.15, 0.2) is 0 Å². The quantitative estimate of drug-likeness (QED) is 0.756. The summed E-state index contributed by atoms with van der Waals surface area (Å²) in [6.07, 6.45) is 1.72. The minimum absolute atomic E-state index is 0.0771. The van der Waals surface area contributed by atoms with Crippen LogP contribution in [-0.4, -0.2) is 22.9 Å². The lowest BCUT2D eigenvalue weighted by molar-refractivity contribution is 0.274. The maximum absolute atomic E-state index is 10.4. The van der Waals surface area contributed by atoms with Gasteiger partial charge in [0.1, 0.15) is 5.75 Å². The molecule has 0 aliphatic heterocycles. The van der Waals surface area contributed by atoms with Crippen molar-refractivity contribution in [3.63, 3.8) is 0 Å². The highest BCUT2D eigenvalue weighted by Crippen LogP contribution is 2.32. The van der Waals surface area contributed by atoms with Crippen molar-refractivity contribution in [2.75, 3.05) is 6.61 Å². The second-order valence-corrected chi connectivity index (χ2v) is 5.38. The van der Waals surface area contributed by atoms with Gasteiger partial charge in [-0.2, -0.15) is 0 Å². The number of hydrogen-bond acceptors (Lipinski definition) is 3. The first-order valence-electron chi connectivity index (χ1n) is 7.21. The van der Waals surface area contributed by atoms with E-state index in [0.717, 1.165) is 29.2 Å². The molecule has 0 amide bonds. The van der Waals surface area contributed by atoms with Gasteiger partial charge in [0.25, 0.3) is 0 Å². The van der Waals surface area contributed by atoms with Gasteiger partial charge in [-0.1, -0.05) is 36.4 Å². The van der Waals surface area contributed by atoms with Gasteiger partial charge in [0.05, 0.1) is 0 Å². The predicted molar refractivity (Wildman–Crippen MR) is 82.9 cm³/mol. The number of benzene rings is 2. The van der Waals surface area contributed by atoms with Crippen LogP contribution in [0.1, 0.15) is 38.3 Å². The molecule has 0 aliphatic carbocycles. The van der Waals surface area contributed by atoms with E-state index in [9.17, 15) is 5.11 Å². The summed E-state index contributed by atoms with van der Waals surface area (Å²) in [4.78, 5) is 0. The van der Waals surface area contributed by atoms with E-state index in [-0.39, 0.29) is 12.6 Å². The standard InChI is InChI=1S/C17H23NO2/c1-12(6-5-11-19)18-13(2)15-10-9-14-7-3-4-8-16(14)17(15)20/h3-4,7-10,12-13,18-20H,5-6,11H2,1-2H3. The predicted octanol–water partition coefficient (Wildman–Crippen LogP) is 3.36. The third-order valence-corrected chi connectivity index (χ3v) is 3.73. The Kier molecular flexibility index (Phi) is 4.99. The zero-order valence-corrected chi connectivity index (χ0v) is 12.1. The summed E-state index contributed by atoms with van der Waals surface area (Å²) in [7, 11) is 0. The van der Waals surface area contributed by atoms with Crippen molar-refractivity contribution in [3.8, 4) is 5.75 Å². The van der Waals surface area contributed by atoms with Crippen molar-refractivity contribution in [2.45, 2.75) is 38.8 Å². The van der Waals surface area contributed by atoms with Crippen LogP contribution in [0, 0.1) is 0 Å². The molecule has 3 heteroatoms. The van der Waals surface area contributed by atoms with Gasteiger partial charge in [-0.05, 0) is 32.1 Å². The van der Waals surface area contributed by atoms with E-state index >= 15 is 0 Å². The Balaban J connectivity index is 2.17. The molecule has 108 valence electrons. The van der Waals surface area contributed by atoms with Crippen LogP contribution >= 0.6 is 0 Å². The fourth-order valence-electron chi connectivity index (χ4n) is 2.62. The molecule has 3 nitrogen and oxygen atoms in total. The number of nitrogens with one attached hydrogen (secondary N) is 1. The lowest BCUT2D eigenvalue weighted by Gasteiger charge is -2.21. The van der Waals surface area contributed by atoms with Crippen LogP contribution in [0.3, 0.4) is 0 Å². The lowest BCUT2D eigenvalue weighted by Crippen LogP contribution is -2.29. The van der Waals surface area contributed by atoms with Crippen molar-refractivity contribution in [1.82, 2.24) is 5.32 Å². The van der Waals surface area contributed by atoms with E-state index in [1.54, 1.807) is 0 Å². The molecule has 2 rings (SSSR count). The Morgan fingerprint density at radius 3 is 2.60 bits per heavy atom. The number of fused-ring (bicyclic) bond motifs is 1.